The highest BCUT2D eigenvalue weighted by atomic mass is 35.5. The van der Waals surface area contributed by atoms with Crippen LogP contribution in [-0.4, -0.2) is 60.3 Å². The summed E-state index contributed by atoms with van der Waals surface area (Å²) in [7, 11) is 0. The third-order valence-corrected chi connectivity index (χ3v) is 2.72. The second kappa shape index (κ2) is 5.02. The molecular weight excluding hydrogens is 262 g/mol. The second-order valence-electron chi connectivity index (χ2n) is 3.82. The number of fused-ring (bicyclic) bond motifs is 1. The zero-order valence-corrected chi connectivity index (χ0v) is 10.0. The molecule has 2 aromatic rings. The van der Waals surface area contributed by atoms with Crippen LogP contribution < -0.4 is 5.32 Å². The van der Waals surface area contributed by atoms with Crippen molar-refractivity contribution >= 4 is 23.2 Å². The van der Waals surface area contributed by atoms with E-state index in [1.54, 1.807) is 0 Å². The van der Waals surface area contributed by atoms with Crippen molar-refractivity contribution in [2.45, 2.75) is 5.54 Å². The fraction of sp³-hybridized carbons (Fsp3) is 0.444. The maximum absolute atomic E-state index is 9.25. The zero-order chi connectivity index (χ0) is 13.2. The molecule has 0 radical (unpaired) electrons. The van der Waals surface area contributed by atoms with Gasteiger partial charge in [-0.2, -0.15) is 19.6 Å². The van der Waals surface area contributed by atoms with Gasteiger partial charge in [0.2, 0.25) is 0 Å². The van der Waals surface area contributed by atoms with Gasteiger partial charge in [-0.05, 0) is 0 Å². The lowest BCUT2D eigenvalue weighted by atomic mass is 10.0. The van der Waals surface area contributed by atoms with Crippen LogP contribution in [0.4, 0.5) is 5.82 Å². The fourth-order valence-electron chi connectivity index (χ4n) is 1.41. The summed E-state index contributed by atoms with van der Waals surface area (Å²) in [4.78, 5) is 7.81. The van der Waals surface area contributed by atoms with Gasteiger partial charge in [-0.25, -0.2) is 0 Å². The van der Waals surface area contributed by atoms with E-state index < -0.39 is 25.4 Å². The van der Waals surface area contributed by atoms with Crippen molar-refractivity contribution < 1.29 is 15.3 Å². The van der Waals surface area contributed by atoms with Crippen LogP contribution in [0, 0.1) is 0 Å². The number of hydrogen-bond donors (Lipinski definition) is 4. The topological polar surface area (TPSA) is 116 Å². The van der Waals surface area contributed by atoms with Crippen LogP contribution in [0.1, 0.15) is 0 Å². The number of halogens is 1. The van der Waals surface area contributed by atoms with Gasteiger partial charge in [-0.3, -0.25) is 0 Å². The summed E-state index contributed by atoms with van der Waals surface area (Å²) in [6.07, 6.45) is 1.29. The smallest absolute Gasteiger partial charge is 0.255 e. The number of nitrogens with zero attached hydrogens (tertiary/aromatic N) is 4. The average molecular weight is 274 g/mol. The number of aliphatic hydroxyl groups excluding tert-OH is 3. The number of aliphatic hydroxyl groups is 3. The Hall–Kier alpha value is -1.48. The van der Waals surface area contributed by atoms with Gasteiger partial charge in [0.1, 0.15) is 22.8 Å². The molecule has 18 heavy (non-hydrogen) atoms. The molecule has 0 spiro atoms. The van der Waals surface area contributed by atoms with E-state index in [0.717, 1.165) is 0 Å². The fourth-order valence-corrected chi connectivity index (χ4v) is 1.59. The standard InChI is InChI=1S/C9H12ClN5O3/c10-6-1-7(14-9(2-16,3-17)4-18)15-8(13-6)11-5-12-15/h1,5,14,16-18H,2-4H2. The van der Waals surface area contributed by atoms with Crippen molar-refractivity contribution in [3.63, 3.8) is 0 Å². The Bertz CT molecular complexity index is 534. The number of hydrogen-bond acceptors (Lipinski definition) is 7. The molecule has 0 amide bonds. The molecule has 98 valence electrons. The molecule has 0 unspecified atom stereocenters. The predicted octanol–water partition coefficient (Wildman–Crippen LogP) is -1.09. The number of nitrogens with one attached hydrogen (secondary N) is 1. The molecule has 0 bridgehead atoms. The van der Waals surface area contributed by atoms with Gasteiger partial charge in [0.05, 0.1) is 19.8 Å². The number of rotatable bonds is 5. The lowest BCUT2D eigenvalue weighted by molar-refractivity contribution is 0.0829. The molecule has 0 aliphatic carbocycles. The van der Waals surface area contributed by atoms with E-state index in [4.69, 9.17) is 11.6 Å². The molecule has 2 rings (SSSR count). The van der Waals surface area contributed by atoms with Crippen LogP contribution in [0.3, 0.4) is 0 Å². The van der Waals surface area contributed by atoms with E-state index in [1.165, 1.54) is 16.9 Å². The van der Waals surface area contributed by atoms with Gasteiger partial charge >= 0.3 is 0 Å². The van der Waals surface area contributed by atoms with Crippen LogP contribution >= 0.6 is 11.6 Å². The minimum absolute atomic E-state index is 0.181. The van der Waals surface area contributed by atoms with E-state index in [9.17, 15) is 15.3 Å². The molecule has 0 saturated carbocycles. The Kier molecular flexibility index (Phi) is 3.62. The third-order valence-electron chi connectivity index (χ3n) is 2.52. The van der Waals surface area contributed by atoms with E-state index in [-0.39, 0.29) is 10.9 Å². The van der Waals surface area contributed by atoms with Crippen molar-refractivity contribution in [2.24, 2.45) is 0 Å². The van der Waals surface area contributed by atoms with Gasteiger partial charge < -0.3 is 20.6 Å². The SMILES string of the molecule is OCC(CO)(CO)Nc1cc(Cl)nc2ncnn12. The normalized spacial score (nSPS) is 12.0. The highest BCUT2D eigenvalue weighted by Gasteiger charge is 2.29. The first-order valence-corrected chi connectivity index (χ1v) is 5.49. The molecule has 4 N–H and O–H groups in total. The van der Waals surface area contributed by atoms with Crippen molar-refractivity contribution in [1.29, 1.82) is 0 Å². The Labute approximate surface area is 107 Å². The van der Waals surface area contributed by atoms with Crippen LogP contribution in [-0.2, 0) is 0 Å². The Morgan fingerprint density at radius 1 is 1.28 bits per heavy atom. The van der Waals surface area contributed by atoms with Crippen LogP contribution in [0.2, 0.25) is 5.15 Å². The first-order chi connectivity index (χ1) is 8.64. The van der Waals surface area contributed by atoms with E-state index >= 15 is 0 Å². The van der Waals surface area contributed by atoms with Gasteiger partial charge in [-0.1, -0.05) is 11.6 Å². The first kappa shape index (κ1) is 13.0. The molecule has 9 heteroatoms. The summed E-state index contributed by atoms with van der Waals surface area (Å²) in [6.45, 7) is -1.39. The predicted molar refractivity (Wildman–Crippen MR) is 63.4 cm³/mol. The molecule has 0 fully saturated rings. The summed E-state index contributed by atoms with van der Waals surface area (Å²) in [5, 5.41) is 34.7. The third kappa shape index (κ3) is 2.23. The number of anilines is 1. The van der Waals surface area contributed by atoms with Crippen LogP contribution in [0.15, 0.2) is 12.4 Å². The molecule has 0 aliphatic heterocycles. The summed E-state index contributed by atoms with van der Waals surface area (Å²) in [6, 6.07) is 1.46. The molecule has 0 saturated heterocycles. The van der Waals surface area contributed by atoms with Crippen LogP contribution in [0.5, 0.6) is 0 Å². The minimum atomic E-state index is -1.27. The van der Waals surface area contributed by atoms with Gasteiger partial charge in [0, 0.05) is 6.07 Å². The Morgan fingerprint density at radius 3 is 2.56 bits per heavy atom. The van der Waals surface area contributed by atoms with E-state index in [2.05, 4.69) is 20.4 Å². The average Bonchev–Trinajstić information content (AvgIpc) is 2.84. The molecular formula is C9H12ClN5O3. The monoisotopic (exact) mass is 273 g/mol. The Balaban J connectivity index is 2.44. The quantitative estimate of drug-likeness (QED) is 0.511. The van der Waals surface area contributed by atoms with Crippen molar-refractivity contribution in [3.8, 4) is 0 Å². The number of aromatic nitrogens is 4. The maximum atomic E-state index is 9.25. The summed E-state index contributed by atoms with van der Waals surface area (Å²) in [5.41, 5.74) is -1.27. The molecule has 2 heterocycles. The summed E-state index contributed by atoms with van der Waals surface area (Å²) in [5.74, 6) is 0.632. The van der Waals surface area contributed by atoms with Crippen LogP contribution in [0.25, 0.3) is 5.78 Å². The highest BCUT2D eigenvalue weighted by Crippen LogP contribution is 2.18. The largest absolute Gasteiger partial charge is 0.394 e. The highest BCUT2D eigenvalue weighted by molar-refractivity contribution is 6.29. The van der Waals surface area contributed by atoms with Gasteiger partial charge in [0.25, 0.3) is 5.78 Å². The maximum Gasteiger partial charge on any atom is 0.255 e. The Morgan fingerprint density at radius 2 is 1.94 bits per heavy atom. The minimum Gasteiger partial charge on any atom is -0.394 e. The summed E-state index contributed by atoms with van der Waals surface area (Å²) < 4.78 is 1.35. The molecule has 0 aromatic carbocycles. The zero-order valence-electron chi connectivity index (χ0n) is 9.28. The lowest BCUT2D eigenvalue weighted by Gasteiger charge is -2.29. The van der Waals surface area contributed by atoms with Gasteiger partial charge in [0.15, 0.2) is 0 Å². The van der Waals surface area contributed by atoms with Gasteiger partial charge in [-0.15, -0.1) is 0 Å². The van der Waals surface area contributed by atoms with Crippen molar-refractivity contribution in [1.82, 2.24) is 19.6 Å². The molecule has 0 atom stereocenters. The summed E-state index contributed by atoms with van der Waals surface area (Å²) >= 11 is 5.82. The van der Waals surface area contributed by atoms with E-state index in [0.29, 0.717) is 5.82 Å². The van der Waals surface area contributed by atoms with Crippen molar-refractivity contribution in [3.05, 3.63) is 17.5 Å². The first-order valence-electron chi connectivity index (χ1n) is 5.11. The van der Waals surface area contributed by atoms with Crippen molar-refractivity contribution in [2.75, 3.05) is 25.1 Å². The molecule has 8 nitrogen and oxygen atoms in total. The van der Waals surface area contributed by atoms with E-state index in [1.807, 2.05) is 0 Å². The second-order valence-corrected chi connectivity index (χ2v) is 4.20. The molecule has 2 aromatic heterocycles. The molecule has 0 aliphatic rings. The lowest BCUT2D eigenvalue weighted by Crippen LogP contribution is -2.49.